The van der Waals surface area contributed by atoms with Crippen molar-refractivity contribution in [3.8, 4) is 0 Å². The van der Waals surface area contributed by atoms with E-state index in [9.17, 15) is 14.4 Å². The van der Waals surface area contributed by atoms with Gasteiger partial charge in [0.2, 0.25) is 11.8 Å². The van der Waals surface area contributed by atoms with Crippen LogP contribution in [0.1, 0.15) is 36.2 Å². The molecule has 1 atom stereocenters. The van der Waals surface area contributed by atoms with E-state index >= 15 is 0 Å². The largest absolute Gasteiger partial charge is 0.462 e. The normalized spacial score (nSPS) is 16.0. The molecule has 1 unspecified atom stereocenters. The molecule has 0 aliphatic carbocycles. The van der Waals surface area contributed by atoms with Gasteiger partial charge in [-0.1, -0.05) is 24.3 Å². The molecule has 0 saturated carbocycles. The van der Waals surface area contributed by atoms with Gasteiger partial charge in [-0.15, -0.1) is 0 Å². The molecule has 1 N–H and O–H groups in total. The van der Waals surface area contributed by atoms with Crippen LogP contribution in [0.25, 0.3) is 10.2 Å². The van der Waals surface area contributed by atoms with Crippen molar-refractivity contribution >= 4 is 50.2 Å². The second-order valence-corrected chi connectivity index (χ2v) is 8.37. The molecular weight excluding hydrogens is 414 g/mol. The third kappa shape index (κ3) is 4.44. The zero-order valence-electron chi connectivity index (χ0n) is 17.4. The maximum atomic E-state index is 12.8. The highest BCUT2D eigenvalue weighted by Crippen LogP contribution is 2.30. The number of amides is 2. The van der Waals surface area contributed by atoms with Crippen LogP contribution < -0.4 is 10.2 Å². The van der Waals surface area contributed by atoms with Crippen molar-refractivity contribution in [1.29, 1.82) is 0 Å². The molecule has 160 valence electrons. The smallest absolute Gasteiger partial charge is 0.338 e. The van der Waals surface area contributed by atoms with Crippen molar-refractivity contribution in [2.45, 2.75) is 26.7 Å². The van der Waals surface area contributed by atoms with E-state index in [2.05, 4.69) is 23.3 Å². The molecule has 7 nitrogen and oxygen atoms in total. The average molecular weight is 438 g/mol. The number of nitrogens with zero attached hydrogens (tertiary/aromatic N) is 2. The molecule has 1 fully saturated rings. The van der Waals surface area contributed by atoms with Crippen molar-refractivity contribution in [3.05, 3.63) is 53.6 Å². The fourth-order valence-corrected chi connectivity index (χ4v) is 4.51. The molecule has 1 aliphatic rings. The molecule has 2 heterocycles. The Labute approximate surface area is 184 Å². The minimum absolute atomic E-state index is 0.124. The second kappa shape index (κ2) is 8.85. The Morgan fingerprint density at radius 1 is 1.19 bits per heavy atom. The maximum Gasteiger partial charge on any atom is 0.338 e. The topological polar surface area (TPSA) is 88.6 Å². The summed E-state index contributed by atoms with van der Waals surface area (Å²) >= 11 is 1.43. The van der Waals surface area contributed by atoms with Gasteiger partial charge in [-0.25, -0.2) is 9.78 Å². The number of aromatic nitrogens is 1. The fraction of sp³-hybridized carbons (Fsp3) is 0.304. The third-order valence-corrected chi connectivity index (χ3v) is 6.21. The Hall–Kier alpha value is -3.26. The van der Waals surface area contributed by atoms with Gasteiger partial charge in [-0.05, 0) is 55.3 Å². The summed E-state index contributed by atoms with van der Waals surface area (Å²) in [7, 11) is 0. The van der Waals surface area contributed by atoms with Gasteiger partial charge < -0.3 is 15.0 Å². The number of hydrogen-bond donors (Lipinski definition) is 1. The second-order valence-electron chi connectivity index (χ2n) is 7.34. The van der Waals surface area contributed by atoms with Crippen molar-refractivity contribution in [2.75, 3.05) is 23.4 Å². The van der Waals surface area contributed by atoms with Crippen LogP contribution in [-0.4, -0.2) is 35.9 Å². The van der Waals surface area contributed by atoms with Gasteiger partial charge >= 0.3 is 5.97 Å². The first-order valence-corrected chi connectivity index (χ1v) is 11.1. The zero-order valence-corrected chi connectivity index (χ0v) is 18.2. The van der Waals surface area contributed by atoms with E-state index in [1.54, 1.807) is 36.1 Å². The van der Waals surface area contributed by atoms with E-state index < -0.39 is 11.9 Å². The molecule has 2 amide bonds. The minimum Gasteiger partial charge on any atom is -0.462 e. The summed E-state index contributed by atoms with van der Waals surface area (Å²) in [5.41, 5.74) is 3.15. The first-order chi connectivity index (χ1) is 15.0. The summed E-state index contributed by atoms with van der Waals surface area (Å²) in [6.45, 7) is 4.43. The molecule has 3 aromatic rings. The predicted molar refractivity (Wildman–Crippen MR) is 120 cm³/mol. The highest BCUT2D eigenvalue weighted by Gasteiger charge is 2.35. The highest BCUT2D eigenvalue weighted by molar-refractivity contribution is 7.22. The van der Waals surface area contributed by atoms with E-state index in [0.717, 1.165) is 16.6 Å². The number of fused-ring (bicyclic) bond motifs is 1. The fourth-order valence-electron chi connectivity index (χ4n) is 3.57. The van der Waals surface area contributed by atoms with Crippen LogP contribution in [0.5, 0.6) is 0 Å². The van der Waals surface area contributed by atoms with E-state index in [0.29, 0.717) is 23.0 Å². The van der Waals surface area contributed by atoms with E-state index in [1.165, 1.54) is 16.9 Å². The minimum atomic E-state index is -0.463. The standard InChI is InChI=1S/C23H23N3O4S/c1-3-14-5-10-18-19(11-14)31-23(24-18)25-21(28)16-12-20(27)26(13-16)17-8-6-15(7-9-17)22(29)30-4-2/h5-11,16H,3-4,12-13H2,1-2H3,(H,24,25,28). The summed E-state index contributed by atoms with van der Waals surface area (Å²) in [5, 5.41) is 3.41. The summed E-state index contributed by atoms with van der Waals surface area (Å²) in [6, 6.07) is 12.7. The lowest BCUT2D eigenvalue weighted by Crippen LogP contribution is -2.28. The lowest BCUT2D eigenvalue weighted by molar-refractivity contribution is -0.122. The number of nitrogens with one attached hydrogen (secondary N) is 1. The molecule has 1 saturated heterocycles. The number of thiazole rings is 1. The van der Waals surface area contributed by atoms with Gasteiger partial charge in [0.05, 0.1) is 28.3 Å². The van der Waals surface area contributed by atoms with Crippen molar-refractivity contribution in [2.24, 2.45) is 5.92 Å². The Balaban J connectivity index is 1.43. The number of carbonyl (C=O) groups is 3. The molecule has 31 heavy (non-hydrogen) atoms. The van der Waals surface area contributed by atoms with Crippen LogP contribution in [-0.2, 0) is 20.7 Å². The zero-order chi connectivity index (χ0) is 22.0. The molecule has 0 bridgehead atoms. The third-order valence-electron chi connectivity index (χ3n) is 5.28. The van der Waals surface area contributed by atoms with E-state index in [-0.39, 0.29) is 24.8 Å². The van der Waals surface area contributed by atoms with Crippen molar-refractivity contribution in [3.63, 3.8) is 0 Å². The maximum absolute atomic E-state index is 12.8. The molecule has 4 rings (SSSR count). The van der Waals surface area contributed by atoms with Gasteiger partial charge in [-0.3, -0.25) is 9.59 Å². The molecule has 8 heteroatoms. The number of anilines is 2. The first-order valence-electron chi connectivity index (χ1n) is 10.3. The quantitative estimate of drug-likeness (QED) is 0.588. The van der Waals surface area contributed by atoms with Gasteiger partial charge in [0.25, 0.3) is 0 Å². The Morgan fingerprint density at radius 3 is 2.68 bits per heavy atom. The van der Waals surface area contributed by atoms with Crippen LogP contribution in [0.3, 0.4) is 0 Å². The van der Waals surface area contributed by atoms with Crippen LogP contribution in [0.4, 0.5) is 10.8 Å². The molecule has 1 aliphatic heterocycles. The van der Waals surface area contributed by atoms with Gasteiger partial charge in [0.1, 0.15) is 0 Å². The average Bonchev–Trinajstić information content (AvgIpc) is 3.36. The van der Waals surface area contributed by atoms with E-state index in [1.807, 2.05) is 12.1 Å². The number of hydrogen-bond acceptors (Lipinski definition) is 6. The molecule has 2 aromatic carbocycles. The number of rotatable bonds is 6. The Kier molecular flexibility index (Phi) is 5.99. The first kappa shape index (κ1) is 21.0. The number of esters is 1. The van der Waals surface area contributed by atoms with Crippen molar-refractivity contribution < 1.29 is 19.1 Å². The van der Waals surface area contributed by atoms with E-state index in [4.69, 9.17) is 4.74 Å². The number of ether oxygens (including phenoxy) is 1. The SMILES string of the molecule is CCOC(=O)c1ccc(N2CC(C(=O)Nc3nc4ccc(CC)cc4s3)CC2=O)cc1. The number of benzene rings is 2. The number of carbonyl (C=O) groups excluding carboxylic acids is 3. The van der Waals surface area contributed by atoms with Crippen LogP contribution >= 0.6 is 11.3 Å². The lowest BCUT2D eigenvalue weighted by atomic mass is 10.1. The van der Waals surface area contributed by atoms with Crippen LogP contribution in [0.15, 0.2) is 42.5 Å². The summed E-state index contributed by atoms with van der Waals surface area (Å²) in [6.07, 6.45) is 1.08. The van der Waals surface area contributed by atoms with Gasteiger partial charge in [-0.2, -0.15) is 0 Å². The molecule has 1 aromatic heterocycles. The van der Waals surface area contributed by atoms with Crippen LogP contribution in [0, 0.1) is 5.92 Å². The lowest BCUT2D eigenvalue weighted by Gasteiger charge is -2.17. The highest BCUT2D eigenvalue weighted by atomic mass is 32.1. The summed E-state index contributed by atoms with van der Waals surface area (Å²) in [5.74, 6) is -1.20. The molecule has 0 spiro atoms. The Morgan fingerprint density at radius 2 is 1.97 bits per heavy atom. The van der Waals surface area contributed by atoms with Gasteiger partial charge in [0, 0.05) is 18.7 Å². The van der Waals surface area contributed by atoms with Crippen molar-refractivity contribution in [1.82, 2.24) is 4.98 Å². The monoisotopic (exact) mass is 437 g/mol. The molecule has 0 radical (unpaired) electrons. The predicted octanol–water partition coefficient (Wildman–Crippen LogP) is 4.03. The molecular formula is C23H23N3O4S. The Bertz CT molecular complexity index is 1140. The summed E-state index contributed by atoms with van der Waals surface area (Å²) in [4.78, 5) is 43.1. The summed E-state index contributed by atoms with van der Waals surface area (Å²) < 4.78 is 6.01. The van der Waals surface area contributed by atoms with Gasteiger partial charge in [0.15, 0.2) is 5.13 Å². The van der Waals surface area contributed by atoms with Crippen LogP contribution in [0.2, 0.25) is 0 Å². The number of aryl methyl sites for hydroxylation is 1.